The van der Waals surface area contributed by atoms with Crippen LogP contribution in [-0.4, -0.2) is 29.7 Å². The Hall–Kier alpha value is -0.930. The van der Waals surface area contributed by atoms with E-state index in [0.717, 1.165) is 25.9 Å². The third-order valence-corrected chi connectivity index (χ3v) is 8.72. The number of hydrogen-bond donors (Lipinski definition) is 1. The van der Waals surface area contributed by atoms with Crippen LogP contribution in [0.5, 0.6) is 0 Å². The normalized spacial score (nSPS) is 51.2. The molecule has 0 aromatic carbocycles. The van der Waals surface area contributed by atoms with Gasteiger partial charge in [0.25, 0.3) is 0 Å². The number of carbonyl (C=O) groups excluding carboxylic acids is 1. The maximum absolute atomic E-state index is 12.0. The molecule has 7 atom stereocenters. The van der Waals surface area contributed by atoms with Gasteiger partial charge in [0, 0.05) is 24.4 Å². The van der Waals surface area contributed by atoms with Crippen LogP contribution >= 0.6 is 0 Å². The molecule has 1 heterocycles. The SMILES string of the molecule is C[C@]12CCC3C(C[C@H](CO)C4=CC(=O)CC[C@@H]43)C1CC[C@@]21C=CCO1. The summed E-state index contributed by atoms with van der Waals surface area (Å²) in [7, 11) is 0. The smallest absolute Gasteiger partial charge is 0.155 e. The Morgan fingerprint density at radius 2 is 2.12 bits per heavy atom. The largest absolute Gasteiger partial charge is 0.396 e. The van der Waals surface area contributed by atoms with Gasteiger partial charge in [-0.15, -0.1) is 0 Å². The maximum atomic E-state index is 12.0. The third-order valence-electron chi connectivity index (χ3n) is 8.72. The first-order chi connectivity index (χ1) is 12.1. The monoisotopic (exact) mass is 342 g/mol. The highest BCUT2D eigenvalue weighted by atomic mass is 16.5. The molecule has 3 unspecified atom stereocenters. The van der Waals surface area contributed by atoms with E-state index in [4.69, 9.17) is 4.74 Å². The van der Waals surface area contributed by atoms with Gasteiger partial charge in [0.1, 0.15) is 0 Å². The molecule has 3 nitrogen and oxygen atoms in total. The molecule has 5 aliphatic rings. The van der Waals surface area contributed by atoms with E-state index < -0.39 is 0 Å². The van der Waals surface area contributed by atoms with Gasteiger partial charge in [-0.3, -0.25) is 4.79 Å². The Morgan fingerprint density at radius 1 is 1.24 bits per heavy atom. The fourth-order valence-electron chi connectivity index (χ4n) is 7.54. The van der Waals surface area contributed by atoms with Crippen molar-refractivity contribution in [1.82, 2.24) is 0 Å². The first kappa shape index (κ1) is 16.3. The van der Waals surface area contributed by atoms with Crippen LogP contribution in [0, 0.1) is 35.0 Å². The molecule has 3 fully saturated rings. The summed E-state index contributed by atoms with van der Waals surface area (Å²) in [5, 5.41) is 10.0. The van der Waals surface area contributed by atoms with E-state index in [1.54, 1.807) is 0 Å². The average Bonchev–Trinajstić information content (AvgIpc) is 3.20. The molecular weight excluding hydrogens is 312 g/mol. The Kier molecular flexibility index (Phi) is 3.60. The average molecular weight is 342 g/mol. The van der Waals surface area contributed by atoms with E-state index in [1.807, 2.05) is 6.08 Å². The zero-order chi connectivity index (χ0) is 17.2. The van der Waals surface area contributed by atoms with Crippen LogP contribution in [0.4, 0.5) is 0 Å². The van der Waals surface area contributed by atoms with E-state index >= 15 is 0 Å². The molecule has 0 aromatic rings. The number of ketones is 1. The highest BCUT2D eigenvalue weighted by Gasteiger charge is 2.63. The van der Waals surface area contributed by atoms with E-state index in [-0.39, 0.29) is 29.3 Å². The molecule has 0 bridgehead atoms. The van der Waals surface area contributed by atoms with E-state index in [9.17, 15) is 9.90 Å². The number of ether oxygens (including phenoxy) is 1. The lowest BCUT2D eigenvalue weighted by Gasteiger charge is -2.57. The number of aliphatic hydroxyl groups excluding tert-OH is 1. The molecule has 0 saturated heterocycles. The first-order valence-corrected chi connectivity index (χ1v) is 10.2. The summed E-state index contributed by atoms with van der Waals surface area (Å²) >= 11 is 0. The quantitative estimate of drug-likeness (QED) is 0.740. The number of aliphatic hydroxyl groups is 1. The van der Waals surface area contributed by atoms with Gasteiger partial charge in [0.15, 0.2) is 5.78 Å². The number of fused-ring (bicyclic) bond motifs is 6. The zero-order valence-electron chi connectivity index (χ0n) is 15.2. The Labute approximate surface area is 150 Å². The van der Waals surface area contributed by atoms with Crippen LogP contribution < -0.4 is 0 Å². The standard InChI is InChI=1S/C22H30O3/c1-21-8-5-17-16-4-3-15(24)12-18(16)14(13-23)11-19(17)20(21)6-9-22(21)7-2-10-25-22/h2,7,12,14,16-17,19-20,23H,3-6,8-11,13H2,1H3/t14-,16-,17?,19?,20?,21+,22+/m1/s1. The van der Waals surface area contributed by atoms with Crippen molar-refractivity contribution in [1.29, 1.82) is 0 Å². The van der Waals surface area contributed by atoms with Gasteiger partial charge >= 0.3 is 0 Å². The lowest BCUT2D eigenvalue weighted by Crippen LogP contribution is -2.53. The molecule has 0 aromatic heterocycles. The lowest BCUT2D eigenvalue weighted by atomic mass is 9.49. The summed E-state index contributed by atoms with van der Waals surface area (Å²) in [5.41, 5.74) is 1.50. The highest BCUT2D eigenvalue weighted by Crippen LogP contribution is 2.67. The summed E-state index contributed by atoms with van der Waals surface area (Å²) in [4.78, 5) is 12.0. The predicted octanol–water partition coefficient (Wildman–Crippen LogP) is 3.67. The number of carbonyl (C=O) groups is 1. The summed E-state index contributed by atoms with van der Waals surface area (Å²) < 4.78 is 6.31. The molecule has 1 N–H and O–H groups in total. The number of rotatable bonds is 1. The van der Waals surface area contributed by atoms with Gasteiger partial charge < -0.3 is 9.84 Å². The minimum Gasteiger partial charge on any atom is -0.396 e. The van der Waals surface area contributed by atoms with Crippen molar-refractivity contribution in [3.8, 4) is 0 Å². The Bertz CT molecular complexity index is 650. The fourth-order valence-corrected chi connectivity index (χ4v) is 7.54. The van der Waals surface area contributed by atoms with Crippen LogP contribution in [-0.2, 0) is 9.53 Å². The van der Waals surface area contributed by atoms with E-state index in [0.29, 0.717) is 30.1 Å². The third kappa shape index (κ3) is 2.09. The zero-order valence-corrected chi connectivity index (χ0v) is 15.2. The van der Waals surface area contributed by atoms with Gasteiger partial charge in [-0.05, 0) is 68.3 Å². The Morgan fingerprint density at radius 3 is 2.88 bits per heavy atom. The van der Waals surface area contributed by atoms with Crippen LogP contribution in [0.25, 0.3) is 0 Å². The summed E-state index contributed by atoms with van der Waals surface area (Å²) in [6.45, 7) is 3.44. The molecular formula is C22H30O3. The van der Waals surface area contributed by atoms with Crippen LogP contribution in [0.15, 0.2) is 23.8 Å². The molecule has 136 valence electrons. The predicted molar refractivity (Wildman–Crippen MR) is 95.9 cm³/mol. The molecule has 0 radical (unpaired) electrons. The van der Waals surface area contributed by atoms with Crippen LogP contribution in [0.1, 0.15) is 51.9 Å². The van der Waals surface area contributed by atoms with Crippen molar-refractivity contribution < 1.29 is 14.6 Å². The van der Waals surface area contributed by atoms with Crippen molar-refractivity contribution in [2.75, 3.05) is 13.2 Å². The molecule has 0 amide bonds. The topological polar surface area (TPSA) is 46.5 Å². The van der Waals surface area contributed by atoms with Crippen molar-refractivity contribution in [3.05, 3.63) is 23.8 Å². The van der Waals surface area contributed by atoms with Crippen molar-refractivity contribution in [2.45, 2.75) is 57.5 Å². The minimum absolute atomic E-state index is 0.0318. The van der Waals surface area contributed by atoms with Gasteiger partial charge in [-0.2, -0.15) is 0 Å². The second kappa shape index (κ2) is 5.53. The maximum Gasteiger partial charge on any atom is 0.155 e. The van der Waals surface area contributed by atoms with Gasteiger partial charge in [-0.1, -0.05) is 24.6 Å². The van der Waals surface area contributed by atoms with Crippen molar-refractivity contribution in [3.63, 3.8) is 0 Å². The van der Waals surface area contributed by atoms with Crippen LogP contribution in [0.2, 0.25) is 0 Å². The van der Waals surface area contributed by atoms with Crippen molar-refractivity contribution in [2.24, 2.45) is 35.0 Å². The van der Waals surface area contributed by atoms with Gasteiger partial charge in [0.2, 0.25) is 0 Å². The molecule has 25 heavy (non-hydrogen) atoms. The van der Waals surface area contributed by atoms with Gasteiger partial charge in [-0.25, -0.2) is 0 Å². The lowest BCUT2D eigenvalue weighted by molar-refractivity contribution is -0.120. The Balaban J connectivity index is 1.50. The summed E-state index contributed by atoms with van der Waals surface area (Å²) in [6, 6.07) is 0. The minimum atomic E-state index is -0.0318. The molecule has 1 aliphatic heterocycles. The second-order valence-corrected chi connectivity index (χ2v) is 9.40. The molecule has 3 saturated carbocycles. The molecule has 4 aliphatic carbocycles. The van der Waals surface area contributed by atoms with Crippen LogP contribution in [0.3, 0.4) is 0 Å². The fraction of sp³-hybridized carbons (Fsp3) is 0.773. The van der Waals surface area contributed by atoms with E-state index in [2.05, 4.69) is 19.1 Å². The summed E-state index contributed by atoms with van der Waals surface area (Å²) in [5.74, 6) is 3.10. The van der Waals surface area contributed by atoms with Gasteiger partial charge in [0.05, 0.1) is 12.2 Å². The highest BCUT2D eigenvalue weighted by molar-refractivity contribution is 5.91. The molecule has 5 rings (SSSR count). The molecule has 1 spiro atoms. The summed E-state index contributed by atoms with van der Waals surface area (Å²) in [6.07, 6.45) is 14.2. The first-order valence-electron chi connectivity index (χ1n) is 10.2. The second-order valence-electron chi connectivity index (χ2n) is 9.40. The number of hydrogen-bond acceptors (Lipinski definition) is 3. The van der Waals surface area contributed by atoms with Crippen molar-refractivity contribution >= 4 is 5.78 Å². The molecule has 3 heteroatoms. The van der Waals surface area contributed by atoms with E-state index in [1.165, 1.54) is 24.8 Å².